The summed E-state index contributed by atoms with van der Waals surface area (Å²) in [7, 11) is 0. The van der Waals surface area contributed by atoms with Gasteiger partial charge in [-0.3, -0.25) is 4.79 Å². The van der Waals surface area contributed by atoms with Crippen LogP contribution in [0.2, 0.25) is 0 Å². The summed E-state index contributed by atoms with van der Waals surface area (Å²) in [6.07, 6.45) is 0. The van der Waals surface area contributed by atoms with Gasteiger partial charge >= 0.3 is 0 Å². The van der Waals surface area contributed by atoms with Crippen LogP contribution in [0.4, 0.5) is 0 Å². The number of amides is 1. The third-order valence-corrected chi connectivity index (χ3v) is 3.26. The van der Waals surface area contributed by atoms with E-state index in [2.05, 4.69) is 11.4 Å². The van der Waals surface area contributed by atoms with Crippen molar-refractivity contribution in [3.63, 3.8) is 0 Å². The zero-order valence-electron chi connectivity index (χ0n) is 12.7. The summed E-state index contributed by atoms with van der Waals surface area (Å²) < 4.78 is 5.52. The van der Waals surface area contributed by atoms with Crippen molar-refractivity contribution in [2.75, 3.05) is 6.61 Å². The number of carbonyl (C=O) groups is 1. The molecule has 0 saturated heterocycles. The Hall–Kier alpha value is -2.80. The number of hydrogen-bond acceptors (Lipinski definition) is 3. The molecule has 1 N–H and O–H groups in total. The molecule has 0 bridgehead atoms. The molecule has 2 aromatic carbocycles. The molecule has 0 spiro atoms. The Morgan fingerprint density at radius 2 is 1.91 bits per heavy atom. The van der Waals surface area contributed by atoms with Crippen molar-refractivity contribution in [2.24, 2.45) is 0 Å². The largest absolute Gasteiger partial charge is 0.484 e. The van der Waals surface area contributed by atoms with E-state index in [1.165, 1.54) is 0 Å². The third kappa shape index (κ3) is 4.35. The molecule has 0 aliphatic carbocycles. The molecule has 0 aromatic heterocycles. The minimum Gasteiger partial charge on any atom is -0.484 e. The number of carbonyl (C=O) groups excluding carboxylic acids is 1. The molecule has 0 unspecified atom stereocenters. The van der Waals surface area contributed by atoms with E-state index in [0.717, 1.165) is 22.4 Å². The molecule has 22 heavy (non-hydrogen) atoms. The number of nitriles is 1. The first kappa shape index (κ1) is 15.6. The van der Waals surface area contributed by atoms with Gasteiger partial charge < -0.3 is 10.1 Å². The number of rotatable bonds is 5. The monoisotopic (exact) mass is 294 g/mol. The van der Waals surface area contributed by atoms with Crippen LogP contribution in [0.15, 0.2) is 42.5 Å². The van der Waals surface area contributed by atoms with Gasteiger partial charge in [0.25, 0.3) is 5.91 Å². The van der Waals surface area contributed by atoms with Crippen LogP contribution in [0.25, 0.3) is 0 Å². The van der Waals surface area contributed by atoms with Crippen LogP contribution in [-0.2, 0) is 11.3 Å². The van der Waals surface area contributed by atoms with Crippen molar-refractivity contribution in [1.82, 2.24) is 5.32 Å². The fraction of sp³-hybridized carbons (Fsp3) is 0.222. The predicted molar refractivity (Wildman–Crippen MR) is 84.4 cm³/mol. The molecule has 2 aromatic rings. The van der Waals surface area contributed by atoms with Crippen LogP contribution in [-0.4, -0.2) is 12.5 Å². The van der Waals surface area contributed by atoms with E-state index in [9.17, 15) is 4.79 Å². The number of nitrogens with zero attached hydrogens (tertiary/aromatic N) is 1. The third-order valence-electron chi connectivity index (χ3n) is 3.26. The van der Waals surface area contributed by atoms with E-state index in [0.29, 0.717) is 12.1 Å². The van der Waals surface area contributed by atoms with Gasteiger partial charge in [-0.15, -0.1) is 0 Å². The van der Waals surface area contributed by atoms with Gasteiger partial charge in [-0.2, -0.15) is 5.26 Å². The van der Waals surface area contributed by atoms with E-state index < -0.39 is 0 Å². The summed E-state index contributed by atoms with van der Waals surface area (Å²) in [5.41, 5.74) is 3.72. The van der Waals surface area contributed by atoms with Crippen LogP contribution >= 0.6 is 0 Å². The summed E-state index contributed by atoms with van der Waals surface area (Å²) >= 11 is 0. The Balaban J connectivity index is 1.81. The number of nitrogens with one attached hydrogen (secondary N) is 1. The lowest BCUT2D eigenvalue weighted by atomic mass is 10.1. The molecule has 0 aliphatic heterocycles. The van der Waals surface area contributed by atoms with Gasteiger partial charge in [0, 0.05) is 6.54 Å². The van der Waals surface area contributed by atoms with Gasteiger partial charge in [0.2, 0.25) is 0 Å². The van der Waals surface area contributed by atoms with Crippen LogP contribution in [0.3, 0.4) is 0 Å². The number of ether oxygens (including phenoxy) is 1. The molecule has 4 heteroatoms. The topological polar surface area (TPSA) is 62.1 Å². The Morgan fingerprint density at radius 3 is 2.55 bits per heavy atom. The summed E-state index contributed by atoms with van der Waals surface area (Å²) in [6, 6.07) is 15.0. The van der Waals surface area contributed by atoms with Crippen molar-refractivity contribution in [2.45, 2.75) is 20.4 Å². The van der Waals surface area contributed by atoms with E-state index >= 15 is 0 Å². The lowest BCUT2D eigenvalue weighted by molar-refractivity contribution is -0.123. The standard InChI is InChI=1S/C18H18N2O2/c1-13-3-8-17(14(2)9-13)22-12-18(21)20-11-16-6-4-15(10-19)5-7-16/h3-9H,11-12H2,1-2H3,(H,20,21). The molecule has 0 heterocycles. The molecular weight excluding hydrogens is 276 g/mol. The van der Waals surface area contributed by atoms with Gasteiger partial charge in [0.1, 0.15) is 5.75 Å². The highest BCUT2D eigenvalue weighted by Crippen LogP contribution is 2.18. The average molecular weight is 294 g/mol. The summed E-state index contributed by atoms with van der Waals surface area (Å²) in [5.74, 6) is 0.545. The average Bonchev–Trinajstić information content (AvgIpc) is 2.52. The van der Waals surface area contributed by atoms with Gasteiger partial charge in [-0.05, 0) is 43.2 Å². The minimum absolute atomic E-state index is 0.0137. The molecule has 1 amide bonds. The van der Waals surface area contributed by atoms with Crippen molar-refractivity contribution in [1.29, 1.82) is 5.26 Å². The van der Waals surface area contributed by atoms with Gasteiger partial charge in [-0.1, -0.05) is 29.8 Å². The fourth-order valence-electron chi connectivity index (χ4n) is 2.05. The molecule has 0 atom stereocenters. The maximum Gasteiger partial charge on any atom is 0.258 e. The second-order valence-corrected chi connectivity index (χ2v) is 5.14. The summed E-state index contributed by atoms with van der Waals surface area (Å²) in [6.45, 7) is 4.37. The Morgan fingerprint density at radius 1 is 1.18 bits per heavy atom. The van der Waals surface area contributed by atoms with Crippen molar-refractivity contribution >= 4 is 5.91 Å². The zero-order valence-corrected chi connectivity index (χ0v) is 12.7. The van der Waals surface area contributed by atoms with Crippen LogP contribution < -0.4 is 10.1 Å². The van der Waals surface area contributed by atoms with Crippen molar-refractivity contribution in [3.8, 4) is 11.8 Å². The van der Waals surface area contributed by atoms with E-state index in [-0.39, 0.29) is 12.5 Å². The van der Waals surface area contributed by atoms with Crippen LogP contribution in [0.1, 0.15) is 22.3 Å². The summed E-state index contributed by atoms with van der Waals surface area (Å²) in [4.78, 5) is 11.8. The van der Waals surface area contributed by atoms with Crippen LogP contribution in [0, 0.1) is 25.2 Å². The highest BCUT2D eigenvalue weighted by molar-refractivity contribution is 5.77. The van der Waals surface area contributed by atoms with Gasteiger partial charge in [-0.25, -0.2) is 0 Å². The number of hydrogen-bond donors (Lipinski definition) is 1. The SMILES string of the molecule is Cc1ccc(OCC(=O)NCc2ccc(C#N)cc2)c(C)c1. The van der Waals surface area contributed by atoms with E-state index in [4.69, 9.17) is 10.00 Å². The predicted octanol–water partition coefficient (Wildman–Crippen LogP) is 2.87. The number of aryl methyl sites for hydroxylation is 2. The van der Waals surface area contributed by atoms with Crippen molar-refractivity contribution < 1.29 is 9.53 Å². The first-order valence-electron chi connectivity index (χ1n) is 7.04. The van der Waals surface area contributed by atoms with E-state index in [1.54, 1.807) is 12.1 Å². The van der Waals surface area contributed by atoms with Crippen LogP contribution in [0.5, 0.6) is 5.75 Å². The van der Waals surface area contributed by atoms with E-state index in [1.807, 2.05) is 44.2 Å². The highest BCUT2D eigenvalue weighted by Gasteiger charge is 2.05. The molecular formula is C18H18N2O2. The van der Waals surface area contributed by atoms with Crippen molar-refractivity contribution in [3.05, 3.63) is 64.7 Å². The Kier molecular flexibility index (Phi) is 5.16. The normalized spacial score (nSPS) is 9.86. The maximum absolute atomic E-state index is 11.8. The Labute approximate surface area is 130 Å². The quantitative estimate of drug-likeness (QED) is 0.922. The molecule has 112 valence electrons. The lowest BCUT2D eigenvalue weighted by Gasteiger charge is -2.10. The summed E-state index contributed by atoms with van der Waals surface area (Å²) in [5, 5.41) is 11.5. The highest BCUT2D eigenvalue weighted by atomic mass is 16.5. The first-order chi connectivity index (χ1) is 10.6. The zero-order chi connectivity index (χ0) is 15.9. The molecule has 0 radical (unpaired) electrons. The second kappa shape index (κ2) is 7.28. The smallest absolute Gasteiger partial charge is 0.258 e. The second-order valence-electron chi connectivity index (χ2n) is 5.14. The molecule has 0 saturated carbocycles. The minimum atomic E-state index is -0.177. The Bertz CT molecular complexity index is 700. The molecule has 0 fully saturated rings. The fourth-order valence-corrected chi connectivity index (χ4v) is 2.05. The maximum atomic E-state index is 11.8. The first-order valence-corrected chi connectivity index (χ1v) is 7.04. The molecule has 2 rings (SSSR count). The van der Waals surface area contributed by atoms with Gasteiger partial charge in [0.05, 0.1) is 11.6 Å². The van der Waals surface area contributed by atoms with Gasteiger partial charge in [0.15, 0.2) is 6.61 Å². The number of benzene rings is 2. The molecule has 4 nitrogen and oxygen atoms in total. The lowest BCUT2D eigenvalue weighted by Crippen LogP contribution is -2.28. The molecule has 0 aliphatic rings.